The third kappa shape index (κ3) is 3.31. The quantitative estimate of drug-likeness (QED) is 0.434. The molecule has 1 saturated heterocycles. The highest BCUT2D eigenvalue weighted by atomic mass is 16.2. The summed E-state index contributed by atoms with van der Waals surface area (Å²) in [6.07, 6.45) is 3.11. The molecule has 0 bridgehead atoms. The van der Waals surface area contributed by atoms with Crippen LogP contribution < -0.4 is 11.3 Å². The number of aromatic nitrogens is 2. The van der Waals surface area contributed by atoms with Crippen LogP contribution in [-0.2, 0) is 16.1 Å². The summed E-state index contributed by atoms with van der Waals surface area (Å²) in [5.41, 5.74) is 3.06. The fourth-order valence-corrected chi connectivity index (χ4v) is 2.30. The number of nitrogens with zero attached hydrogens (tertiary/aromatic N) is 3. The van der Waals surface area contributed by atoms with Crippen molar-refractivity contribution in [3.05, 3.63) is 18.0 Å². The Hall–Kier alpha value is -1.89. The van der Waals surface area contributed by atoms with E-state index in [0.29, 0.717) is 25.9 Å². The molecule has 2 rings (SSSR count). The highest BCUT2D eigenvalue weighted by molar-refractivity contribution is 5.79. The van der Waals surface area contributed by atoms with Gasteiger partial charge in [-0.15, -0.1) is 0 Å². The first kappa shape index (κ1) is 13.5. The zero-order valence-electron chi connectivity index (χ0n) is 11.0. The molecule has 7 heteroatoms. The number of hydrazine groups is 1. The van der Waals surface area contributed by atoms with Crippen LogP contribution in [0.1, 0.15) is 18.5 Å². The molecular weight excluding hydrogens is 246 g/mol. The summed E-state index contributed by atoms with van der Waals surface area (Å²) >= 11 is 0. The van der Waals surface area contributed by atoms with Gasteiger partial charge in [-0.2, -0.15) is 5.10 Å². The molecule has 0 aromatic carbocycles. The second kappa shape index (κ2) is 5.83. The molecule has 0 spiro atoms. The summed E-state index contributed by atoms with van der Waals surface area (Å²) < 4.78 is 1.64. The smallest absolute Gasteiger partial charge is 0.244 e. The maximum atomic E-state index is 12.1. The molecule has 19 heavy (non-hydrogen) atoms. The minimum absolute atomic E-state index is 0.0368. The molecule has 104 valence electrons. The third-order valence-electron chi connectivity index (χ3n) is 3.43. The number of likely N-dealkylation sites (tertiary alicyclic amines) is 1. The Morgan fingerprint density at radius 2 is 2.16 bits per heavy atom. The zero-order valence-corrected chi connectivity index (χ0v) is 11.0. The summed E-state index contributed by atoms with van der Waals surface area (Å²) in [7, 11) is 0. The number of carbonyl (C=O) groups excluding carboxylic acids is 2. The van der Waals surface area contributed by atoms with Gasteiger partial charge in [-0.05, 0) is 25.8 Å². The van der Waals surface area contributed by atoms with Gasteiger partial charge < -0.3 is 4.90 Å². The number of nitrogens with two attached hydrogens (primary N) is 1. The van der Waals surface area contributed by atoms with E-state index in [9.17, 15) is 9.59 Å². The largest absolute Gasteiger partial charge is 0.341 e. The van der Waals surface area contributed by atoms with Gasteiger partial charge in [-0.1, -0.05) is 0 Å². The second-order valence-electron chi connectivity index (χ2n) is 4.82. The minimum atomic E-state index is -0.144. The predicted molar refractivity (Wildman–Crippen MR) is 68.6 cm³/mol. The number of amides is 2. The highest BCUT2D eigenvalue weighted by Gasteiger charge is 2.26. The van der Waals surface area contributed by atoms with Gasteiger partial charge in [0.15, 0.2) is 0 Å². The summed E-state index contributed by atoms with van der Waals surface area (Å²) in [5.74, 6) is 4.92. The van der Waals surface area contributed by atoms with Gasteiger partial charge in [0.1, 0.15) is 6.54 Å². The Labute approximate surface area is 111 Å². The fraction of sp³-hybridized carbons (Fsp3) is 0.583. The number of nitrogens with one attached hydrogen (secondary N) is 1. The molecule has 1 aromatic rings. The number of carbonyl (C=O) groups is 2. The molecule has 2 heterocycles. The normalized spacial score (nSPS) is 16.4. The number of aryl methyl sites for hydroxylation is 1. The topological polar surface area (TPSA) is 93.2 Å². The van der Waals surface area contributed by atoms with Gasteiger partial charge in [0.2, 0.25) is 11.8 Å². The van der Waals surface area contributed by atoms with Gasteiger partial charge >= 0.3 is 0 Å². The van der Waals surface area contributed by atoms with Gasteiger partial charge in [0, 0.05) is 25.2 Å². The lowest BCUT2D eigenvalue weighted by molar-refractivity contribution is -0.136. The molecule has 7 nitrogen and oxygen atoms in total. The van der Waals surface area contributed by atoms with E-state index in [1.807, 2.05) is 13.0 Å². The van der Waals surface area contributed by atoms with Gasteiger partial charge in [0.05, 0.1) is 5.69 Å². The Morgan fingerprint density at radius 1 is 1.47 bits per heavy atom. The van der Waals surface area contributed by atoms with Crippen LogP contribution in [0.15, 0.2) is 12.3 Å². The average Bonchev–Trinajstić information content (AvgIpc) is 2.83. The molecule has 1 fully saturated rings. The molecule has 0 saturated carbocycles. The number of hydrogen-bond acceptors (Lipinski definition) is 4. The molecule has 3 N–H and O–H groups in total. The lowest BCUT2D eigenvalue weighted by Gasteiger charge is -2.31. The molecule has 0 unspecified atom stereocenters. The van der Waals surface area contributed by atoms with Crippen LogP contribution in [0, 0.1) is 12.8 Å². The Bertz CT molecular complexity index is 462. The molecular formula is C12H19N5O2. The summed E-state index contributed by atoms with van der Waals surface area (Å²) in [6, 6.07) is 1.87. The lowest BCUT2D eigenvalue weighted by atomic mass is 9.96. The molecule has 0 aliphatic carbocycles. The number of hydrogen-bond donors (Lipinski definition) is 2. The average molecular weight is 265 g/mol. The van der Waals surface area contributed by atoms with E-state index in [1.165, 1.54) is 0 Å². The van der Waals surface area contributed by atoms with Crippen molar-refractivity contribution in [1.29, 1.82) is 0 Å². The third-order valence-corrected chi connectivity index (χ3v) is 3.43. The van der Waals surface area contributed by atoms with Crippen molar-refractivity contribution in [1.82, 2.24) is 20.1 Å². The monoisotopic (exact) mass is 265 g/mol. The Balaban J connectivity index is 1.84. The van der Waals surface area contributed by atoms with Crippen LogP contribution in [0.5, 0.6) is 0 Å². The van der Waals surface area contributed by atoms with E-state index in [2.05, 4.69) is 10.5 Å². The molecule has 0 atom stereocenters. The van der Waals surface area contributed by atoms with Crippen molar-refractivity contribution >= 4 is 11.8 Å². The van der Waals surface area contributed by atoms with Crippen molar-refractivity contribution in [2.24, 2.45) is 11.8 Å². The molecule has 2 amide bonds. The Kier molecular flexibility index (Phi) is 4.16. The maximum absolute atomic E-state index is 12.1. The van der Waals surface area contributed by atoms with Gasteiger partial charge in [-0.3, -0.25) is 19.7 Å². The molecule has 0 radical (unpaired) electrons. The van der Waals surface area contributed by atoms with Gasteiger partial charge in [0.25, 0.3) is 0 Å². The van der Waals surface area contributed by atoms with E-state index in [4.69, 9.17) is 5.84 Å². The van der Waals surface area contributed by atoms with Crippen molar-refractivity contribution in [3.8, 4) is 0 Å². The van der Waals surface area contributed by atoms with Crippen molar-refractivity contribution in [2.45, 2.75) is 26.3 Å². The standard InChI is InChI=1S/C12H19N5O2/c1-9-2-7-17(15-9)8-11(18)16-5-3-10(4-6-16)12(19)14-13/h2,7,10H,3-6,8,13H2,1H3,(H,14,19). The molecule has 1 aliphatic heterocycles. The summed E-state index contributed by atoms with van der Waals surface area (Å²) in [4.78, 5) is 25.2. The van der Waals surface area contributed by atoms with Crippen molar-refractivity contribution < 1.29 is 9.59 Å². The highest BCUT2D eigenvalue weighted by Crippen LogP contribution is 2.17. The SMILES string of the molecule is Cc1ccn(CC(=O)N2CCC(C(=O)NN)CC2)n1. The summed E-state index contributed by atoms with van der Waals surface area (Å²) in [6.45, 7) is 3.33. The lowest BCUT2D eigenvalue weighted by Crippen LogP contribution is -2.45. The first-order valence-electron chi connectivity index (χ1n) is 6.38. The van der Waals surface area contributed by atoms with Crippen molar-refractivity contribution in [3.63, 3.8) is 0 Å². The van der Waals surface area contributed by atoms with E-state index < -0.39 is 0 Å². The van der Waals surface area contributed by atoms with Crippen LogP contribution in [0.2, 0.25) is 0 Å². The van der Waals surface area contributed by atoms with E-state index in [1.54, 1.807) is 15.8 Å². The van der Waals surface area contributed by atoms with E-state index >= 15 is 0 Å². The minimum Gasteiger partial charge on any atom is -0.341 e. The van der Waals surface area contributed by atoms with E-state index in [-0.39, 0.29) is 24.3 Å². The first-order chi connectivity index (χ1) is 9.10. The summed E-state index contributed by atoms with van der Waals surface area (Å²) in [5, 5.41) is 4.19. The van der Waals surface area contributed by atoms with E-state index in [0.717, 1.165) is 5.69 Å². The number of piperidine rings is 1. The predicted octanol–water partition coefficient (Wildman–Crippen LogP) is -0.580. The zero-order chi connectivity index (χ0) is 13.8. The van der Waals surface area contributed by atoms with Gasteiger partial charge in [-0.25, -0.2) is 5.84 Å². The van der Waals surface area contributed by atoms with Crippen molar-refractivity contribution in [2.75, 3.05) is 13.1 Å². The maximum Gasteiger partial charge on any atom is 0.244 e. The molecule has 1 aromatic heterocycles. The van der Waals surface area contributed by atoms with Crippen LogP contribution in [-0.4, -0.2) is 39.6 Å². The fourth-order valence-electron chi connectivity index (χ4n) is 2.30. The van der Waals surface area contributed by atoms with Crippen LogP contribution in [0.3, 0.4) is 0 Å². The first-order valence-corrected chi connectivity index (χ1v) is 6.38. The Morgan fingerprint density at radius 3 is 2.68 bits per heavy atom. The second-order valence-corrected chi connectivity index (χ2v) is 4.82. The van der Waals surface area contributed by atoms with Crippen LogP contribution in [0.25, 0.3) is 0 Å². The van der Waals surface area contributed by atoms with Crippen LogP contribution >= 0.6 is 0 Å². The number of rotatable bonds is 3. The van der Waals surface area contributed by atoms with Crippen LogP contribution in [0.4, 0.5) is 0 Å². The molecule has 1 aliphatic rings.